The van der Waals surface area contributed by atoms with Crippen LogP contribution in [0.2, 0.25) is 0 Å². The van der Waals surface area contributed by atoms with Gasteiger partial charge in [-0.05, 0) is 11.6 Å². The molecule has 1 aliphatic heterocycles. The van der Waals surface area contributed by atoms with E-state index < -0.39 is 18.6 Å². The van der Waals surface area contributed by atoms with Crippen LogP contribution in [-0.4, -0.2) is 41.7 Å². The van der Waals surface area contributed by atoms with Gasteiger partial charge in [-0.1, -0.05) is 84.0 Å². The lowest BCUT2D eigenvalue weighted by Gasteiger charge is -2.29. The minimum atomic E-state index is -4.53. The average Bonchev–Trinajstić information content (AvgIpc) is 2.84. The normalized spacial score (nSPS) is 14.4. The number of carbonyl (C=O) groups excluding carboxylic acids is 1. The van der Waals surface area contributed by atoms with Gasteiger partial charge in [-0.15, -0.1) is 0 Å². The minimum absolute atomic E-state index is 0.170. The van der Waals surface area contributed by atoms with Crippen LogP contribution in [0.15, 0.2) is 95.1 Å². The number of benzene rings is 3. The van der Waals surface area contributed by atoms with E-state index in [2.05, 4.69) is 15.6 Å². The molecule has 9 heteroatoms. The number of hydrogen-bond acceptors (Lipinski definition) is 5. The van der Waals surface area contributed by atoms with E-state index >= 15 is 0 Å². The number of halogens is 3. The number of amides is 1. The summed E-state index contributed by atoms with van der Waals surface area (Å²) in [5.74, 6) is -0.582. The topological polar surface area (TPSA) is 66.3 Å². The molecule has 1 N–H and O–H groups in total. The number of nitrogens with zero attached hydrogens (tertiary/aromatic N) is 3. The quantitative estimate of drug-likeness (QED) is 0.417. The molecule has 174 valence electrons. The van der Waals surface area contributed by atoms with Crippen LogP contribution in [0.1, 0.15) is 22.3 Å². The molecule has 3 aromatic rings. The predicted octanol–water partition coefficient (Wildman–Crippen LogP) is 4.31. The van der Waals surface area contributed by atoms with Crippen LogP contribution in [0.25, 0.3) is 0 Å². The van der Waals surface area contributed by atoms with Crippen molar-refractivity contribution in [1.82, 2.24) is 10.4 Å². The number of rotatable bonds is 7. The molecule has 0 bridgehead atoms. The first kappa shape index (κ1) is 23.0. The van der Waals surface area contributed by atoms with Crippen LogP contribution < -0.4 is 5.43 Å². The number of nitrogens with one attached hydrogen (secondary N) is 1. The summed E-state index contributed by atoms with van der Waals surface area (Å²) in [6.45, 7) is -1.50. The van der Waals surface area contributed by atoms with Gasteiger partial charge >= 0.3 is 6.18 Å². The number of aliphatic imine (C=N–C) groups is 1. The van der Waals surface area contributed by atoms with Crippen molar-refractivity contribution in [2.45, 2.75) is 12.8 Å². The van der Waals surface area contributed by atoms with Gasteiger partial charge in [0.1, 0.15) is 31.2 Å². The second-order valence-electron chi connectivity index (χ2n) is 7.52. The van der Waals surface area contributed by atoms with Gasteiger partial charge in [0.05, 0.1) is 0 Å². The average molecular weight is 466 g/mol. The molecule has 1 amide bonds. The number of oxime groups is 1. The molecule has 0 saturated heterocycles. The third-order valence-corrected chi connectivity index (χ3v) is 4.94. The van der Waals surface area contributed by atoms with Gasteiger partial charge in [-0.2, -0.15) is 13.2 Å². The summed E-state index contributed by atoms with van der Waals surface area (Å²) in [7, 11) is 0. The van der Waals surface area contributed by atoms with Crippen LogP contribution in [0.5, 0.6) is 0 Å². The van der Waals surface area contributed by atoms with E-state index in [1.165, 1.54) is 0 Å². The predicted molar refractivity (Wildman–Crippen MR) is 122 cm³/mol. The molecule has 0 atom stereocenters. The Labute approximate surface area is 194 Å². The molecule has 0 fully saturated rings. The van der Waals surface area contributed by atoms with Crippen molar-refractivity contribution in [3.05, 3.63) is 107 Å². The molecule has 0 unspecified atom stereocenters. The summed E-state index contributed by atoms with van der Waals surface area (Å²) in [5, 5.41) is 4.90. The van der Waals surface area contributed by atoms with Gasteiger partial charge in [0.2, 0.25) is 0 Å². The second-order valence-corrected chi connectivity index (χ2v) is 7.52. The highest BCUT2D eigenvalue weighted by Crippen LogP contribution is 2.18. The molecule has 1 aliphatic rings. The van der Waals surface area contributed by atoms with Crippen molar-refractivity contribution in [3.8, 4) is 0 Å². The lowest BCUT2D eigenvalue weighted by molar-refractivity contribution is -0.164. The van der Waals surface area contributed by atoms with Crippen LogP contribution in [0.4, 0.5) is 13.2 Å². The number of hydrazine groups is 1. The van der Waals surface area contributed by atoms with Gasteiger partial charge in [0.15, 0.2) is 0 Å². The summed E-state index contributed by atoms with van der Waals surface area (Å²) in [6, 6.07) is 26.0. The number of amidine groups is 1. The van der Waals surface area contributed by atoms with Crippen molar-refractivity contribution in [3.63, 3.8) is 0 Å². The van der Waals surface area contributed by atoms with Gasteiger partial charge in [0, 0.05) is 16.7 Å². The van der Waals surface area contributed by atoms with Crippen molar-refractivity contribution in [2.75, 3.05) is 13.1 Å². The summed E-state index contributed by atoms with van der Waals surface area (Å²) >= 11 is 0. The number of hydrogen-bond donors (Lipinski definition) is 1. The third kappa shape index (κ3) is 6.00. The molecule has 0 radical (unpaired) electrons. The summed E-state index contributed by atoms with van der Waals surface area (Å²) < 4.78 is 38.5. The van der Waals surface area contributed by atoms with Crippen molar-refractivity contribution in [2.24, 2.45) is 10.1 Å². The van der Waals surface area contributed by atoms with E-state index in [4.69, 9.17) is 4.84 Å². The molecule has 34 heavy (non-hydrogen) atoms. The molecule has 0 aliphatic carbocycles. The highest BCUT2D eigenvalue weighted by atomic mass is 19.4. The Kier molecular flexibility index (Phi) is 6.91. The standard InChI is InChI=1S/C25H21F3N4O2/c26-25(27,28)17-32-22(33)15-29-24(30-32)21-13-7-12-20(14-21)23(19-10-5-2-6-11-19)31-34-16-18-8-3-1-4-9-18/h1-14H,15-17H2,(H,29,30)/b31-23-. The van der Waals surface area contributed by atoms with Gasteiger partial charge in [-0.25, -0.2) is 5.01 Å². The molecule has 4 rings (SSSR count). The van der Waals surface area contributed by atoms with Crippen molar-refractivity contribution < 1.29 is 22.8 Å². The zero-order valence-electron chi connectivity index (χ0n) is 18.0. The van der Waals surface area contributed by atoms with Gasteiger partial charge in [0.25, 0.3) is 5.91 Å². The Morgan fingerprint density at radius 3 is 2.35 bits per heavy atom. The maximum Gasteiger partial charge on any atom is 0.408 e. The van der Waals surface area contributed by atoms with E-state index in [1.807, 2.05) is 66.7 Å². The largest absolute Gasteiger partial charge is 0.408 e. The summed E-state index contributed by atoms with van der Waals surface area (Å²) in [4.78, 5) is 21.6. The lowest BCUT2D eigenvalue weighted by Crippen LogP contribution is -2.54. The molecule has 0 spiro atoms. The van der Waals surface area contributed by atoms with E-state index in [1.54, 1.807) is 18.2 Å². The molecular weight excluding hydrogens is 445 g/mol. The molecule has 0 aromatic heterocycles. The Bertz CT molecular complexity index is 1200. The molecule has 1 heterocycles. The van der Waals surface area contributed by atoms with E-state index in [-0.39, 0.29) is 19.0 Å². The zero-order chi connectivity index (χ0) is 24.0. The molecule has 0 saturated carbocycles. The first-order chi connectivity index (χ1) is 16.4. The fourth-order valence-electron chi connectivity index (χ4n) is 3.35. The first-order valence-electron chi connectivity index (χ1n) is 10.5. The maximum atomic E-state index is 12.8. The highest BCUT2D eigenvalue weighted by molar-refractivity contribution is 6.14. The minimum Gasteiger partial charge on any atom is -0.390 e. The zero-order valence-corrected chi connectivity index (χ0v) is 18.0. The summed E-state index contributed by atoms with van der Waals surface area (Å²) in [6.07, 6.45) is -4.53. The monoisotopic (exact) mass is 466 g/mol. The Balaban J connectivity index is 1.61. The van der Waals surface area contributed by atoms with Crippen molar-refractivity contribution >= 4 is 17.5 Å². The van der Waals surface area contributed by atoms with E-state index in [0.717, 1.165) is 11.1 Å². The molecule has 3 aromatic carbocycles. The maximum absolute atomic E-state index is 12.8. The Morgan fingerprint density at radius 1 is 0.971 bits per heavy atom. The van der Waals surface area contributed by atoms with Crippen molar-refractivity contribution in [1.29, 1.82) is 0 Å². The lowest BCUT2D eigenvalue weighted by atomic mass is 10.00. The fraction of sp³-hybridized carbons (Fsp3) is 0.160. The third-order valence-electron chi connectivity index (χ3n) is 4.94. The summed E-state index contributed by atoms with van der Waals surface area (Å²) in [5.41, 5.74) is 6.01. The van der Waals surface area contributed by atoms with Gasteiger partial charge in [-0.3, -0.25) is 15.2 Å². The highest BCUT2D eigenvalue weighted by Gasteiger charge is 2.35. The van der Waals surface area contributed by atoms with Gasteiger partial charge < -0.3 is 4.84 Å². The smallest absolute Gasteiger partial charge is 0.390 e. The van der Waals surface area contributed by atoms with E-state index in [0.29, 0.717) is 21.8 Å². The van der Waals surface area contributed by atoms with Crippen LogP contribution in [0.3, 0.4) is 0 Å². The number of carbonyl (C=O) groups is 1. The first-order valence-corrected chi connectivity index (χ1v) is 10.5. The molecular formula is C25H21F3N4O2. The SMILES string of the molecule is O=C1CN=C(c2cccc(/C(=N\OCc3ccccc3)c3ccccc3)c2)NN1CC(F)(F)F. The fourth-order valence-corrected chi connectivity index (χ4v) is 3.35. The molecule has 6 nitrogen and oxygen atoms in total. The second kappa shape index (κ2) is 10.2. The van der Waals surface area contributed by atoms with E-state index in [9.17, 15) is 18.0 Å². The Hall–Kier alpha value is -4.14. The Morgan fingerprint density at radius 2 is 1.65 bits per heavy atom. The van der Waals surface area contributed by atoms with Crippen LogP contribution in [0, 0.1) is 0 Å². The number of alkyl halides is 3. The van der Waals surface area contributed by atoms with Crippen LogP contribution >= 0.6 is 0 Å². The van der Waals surface area contributed by atoms with Crippen LogP contribution in [-0.2, 0) is 16.2 Å².